The summed E-state index contributed by atoms with van der Waals surface area (Å²) in [7, 11) is 0. The molecule has 1 aromatic rings. The van der Waals surface area contributed by atoms with Gasteiger partial charge < -0.3 is 15.4 Å². The van der Waals surface area contributed by atoms with Gasteiger partial charge in [0.2, 0.25) is 0 Å². The molecule has 4 nitrogen and oxygen atoms in total. The Bertz CT molecular complexity index is 543. The minimum absolute atomic E-state index is 0.0227. The number of amides is 1. The van der Waals surface area contributed by atoms with Gasteiger partial charge in [-0.3, -0.25) is 0 Å². The molecule has 0 aromatic heterocycles. The van der Waals surface area contributed by atoms with Gasteiger partial charge in [-0.2, -0.15) is 13.2 Å². The van der Waals surface area contributed by atoms with Crippen LogP contribution in [-0.4, -0.2) is 24.8 Å². The van der Waals surface area contributed by atoms with E-state index in [1.165, 1.54) is 12.1 Å². The lowest BCUT2D eigenvalue weighted by molar-refractivity contribution is -0.136. The highest BCUT2D eigenvalue weighted by molar-refractivity contribution is 6.30. The van der Waals surface area contributed by atoms with E-state index in [1.807, 2.05) is 0 Å². The van der Waals surface area contributed by atoms with Crippen LogP contribution in [0.15, 0.2) is 18.2 Å². The van der Waals surface area contributed by atoms with Gasteiger partial charge in [-0.05, 0) is 45.4 Å². The average Bonchev–Trinajstić information content (AvgIpc) is 2.36. The molecular formula is C15H20ClF3N2O2. The molecule has 1 amide bonds. The topological polar surface area (TPSA) is 50.4 Å². The molecule has 0 fully saturated rings. The number of anilines is 1. The molecule has 0 saturated heterocycles. The van der Waals surface area contributed by atoms with Gasteiger partial charge in [-0.15, -0.1) is 0 Å². The molecule has 0 bridgehead atoms. The second-order valence-electron chi connectivity index (χ2n) is 5.90. The number of carbonyl (C=O) groups excluding carboxylic acids is 1. The molecule has 1 aromatic carbocycles. The number of ether oxygens (including phenoxy) is 1. The van der Waals surface area contributed by atoms with Crippen molar-refractivity contribution in [2.45, 2.75) is 39.0 Å². The maximum Gasteiger partial charge on any atom is 0.418 e. The molecule has 0 atom stereocenters. The van der Waals surface area contributed by atoms with E-state index >= 15 is 0 Å². The number of hydrogen-bond donors (Lipinski definition) is 2. The third kappa shape index (κ3) is 7.45. The van der Waals surface area contributed by atoms with Gasteiger partial charge in [-0.25, -0.2) is 4.79 Å². The quantitative estimate of drug-likeness (QED) is 0.756. The van der Waals surface area contributed by atoms with E-state index in [1.54, 1.807) is 20.8 Å². The molecule has 0 radical (unpaired) electrons. The molecule has 0 aliphatic rings. The molecule has 0 aliphatic carbocycles. The fourth-order valence-electron chi connectivity index (χ4n) is 1.72. The van der Waals surface area contributed by atoms with Crippen molar-refractivity contribution in [2.75, 3.05) is 18.4 Å². The van der Waals surface area contributed by atoms with E-state index < -0.39 is 23.4 Å². The summed E-state index contributed by atoms with van der Waals surface area (Å²) < 4.78 is 43.7. The van der Waals surface area contributed by atoms with Gasteiger partial charge in [0.05, 0.1) is 5.56 Å². The molecule has 0 spiro atoms. The summed E-state index contributed by atoms with van der Waals surface area (Å²) >= 11 is 5.61. The summed E-state index contributed by atoms with van der Waals surface area (Å²) in [6, 6.07) is 3.55. The number of carbonyl (C=O) groups is 1. The van der Waals surface area contributed by atoms with Crippen LogP contribution < -0.4 is 10.6 Å². The number of benzene rings is 1. The lowest BCUT2D eigenvalue weighted by Crippen LogP contribution is -2.33. The molecule has 2 N–H and O–H groups in total. The average molecular weight is 353 g/mol. The maximum atomic E-state index is 12.9. The van der Waals surface area contributed by atoms with Crippen molar-refractivity contribution >= 4 is 23.4 Å². The summed E-state index contributed by atoms with van der Waals surface area (Å²) in [4.78, 5) is 11.4. The zero-order chi connectivity index (χ0) is 17.7. The van der Waals surface area contributed by atoms with E-state index in [9.17, 15) is 18.0 Å². The van der Waals surface area contributed by atoms with E-state index in [-0.39, 0.29) is 23.8 Å². The van der Waals surface area contributed by atoms with Crippen molar-refractivity contribution in [3.8, 4) is 0 Å². The lowest BCUT2D eigenvalue weighted by atomic mass is 10.1. The summed E-state index contributed by atoms with van der Waals surface area (Å²) in [6.07, 6.45) is -4.60. The molecule has 1 rings (SSSR count). The van der Waals surface area contributed by atoms with Crippen LogP contribution in [0.3, 0.4) is 0 Å². The molecule has 8 heteroatoms. The van der Waals surface area contributed by atoms with Gasteiger partial charge in [0, 0.05) is 23.8 Å². The fraction of sp³-hybridized carbons (Fsp3) is 0.533. The minimum Gasteiger partial charge on any atom is -0.444 e. The van der Waals surface area contributed by atoms with E-state index in [4.69, 9.17) is 16.3 Å². The summed E-state index contributed by atoms with van der Waals surface area (Å²) in [5.74, 6) is 0. The largest absolute Gasteiger partial charge is 0.444 e. The first-order valence-corrected chi connectivity index (χ1v) is 7.44. The number of alkyl halides is 3. The van der Waals surface area contributed by atoms with Crippen LogP contribution in [0.25, 0.3) is 0 Å². The van der Waals surface area contributed by atoms with E-state index in [2.05, 4.69) is 10.6 Å². The number of rotatable bonds is 5. The van der Waals surface area contributed by atoms with Gasteiger partial charge >= 0.3 is 12.3 Å². The number of hydrogen-bond acceptors (Lipinski definition) is 3. The normalized spacial score (nSPS) is 12.0. The number of nitrogens with one attached hydrogen (secondary N) is 2. The fourth-order valence-corrected chi connectivity index (χ4v) is 1.89. The first kappa shape index (κ1) is 19.4. The number of halogens is 4. The van der Waals surface area contributed by atoms with Crippen LogP contribution in [0.5, 0.6) is 0 Å². The second-order valence-corrected chi connectivity index (χ2v) is 6.33. The Kier molecular flexibility index (Phi) is 6.56. The highest BCUT2D eigenvalue weighted by atomic mass is 35.5. The zero-order valence-electron chi connectivity index (χ0n) is 13.2. The summed E-state index contributed by atoms with van der Waals surface area (Å²) in [6.45, 7) is 5.78. The van der Waals surface area contributed by atoms with Crippen LogP contribution >= 0.6 is 11.6 Å². The predicted molar refractivity (Wildman–Crippen MR) is 83.8 cm³/mol. The molecule has 23 heavy (non-hydrogen) atoms. The van der Waals surface area contributed by atoms with Crippen molar-refractivity contribution in [1.82, 2.24) is 5.32 Å². The first-order chi connectivity index (χ1) is 10.5. The van der Waals surface area contributed by atoms with Crippen molar-refractivity contribution < 1.29 is 22.7 Å². The van der Waals surface area contributed by atoms with Crippen molar-refractivity contribution in [1.29, 1.82) is 0 Å². The predicted octanol–water partition coefficient (Wildman–Crippen LogP) is 4.69. The lowest BCUT2D eigenvalue weighted by Gasteiger charge is -2.19. The van der Waals surface area contributed by atoms with Crippen LogP contribution in [-0.2, 0) is 10.9 Å². The van der Waals surface area contributed by atoms with Crippen molar-refractivity contribution in [3.63, 3.8) is 0 Å². The molecule has 0 unspecified atom stereocenters. The molecule has 0 heterocycles. The third-order valence-electron chi connectivity index (χ3n) is 2.62. The Labute approximate surface area is 138 Å². The first-order valence-electron chi connectivity index (χ1n) is 7.06. The highest BCUT2D eigenvalue weighted by Gasteiger charge is 2.33. The highest BCUT2D eigenvalue weighted by Crippen LogP contribution is 2.36. The van der Waals surface area contributed by atoms with Gasteiger partial charge in [0.1, 0.15) is 5.60 Å². The maximum absolute atomic E-state index is 12.9. The minimum atomic E-state index is -4.48. The Morgan fingerprint density at radius 1 is 1.22 bits per heavy atom. The Morgan fingerprint density at radius 3 is 2.43 bits per heavy atom. The standard InChI is InChI=1S/C15H20ClF3N2O2/c1-14(2,3)23-13(22)21-8-4-7-20-12-6-5-10(16)9-11(12)15(17,18)19/h5-6,9,20H,4,7-8H2,1-3H3,(H,21,22). The monoisotopic (exact) mass is 352 g/mol. The molecule has 130 valence electrons. The van der Waals surface area contributed by atoms with Crippen molar-refractivity contribution in [2.24, 2.45) is 0 Å². The second kappa shape index (κ2) is 7.77. The molecular weight excluding hydrogens is 333 g/mol. The molecule has 0 saturated carbocycles. The van der Waals surface area contributed by atoms with E-state index in [0.29, 0.717) is 6.42 Å². The Hall–Kier alpha value is -1.63. The SMILES string of the molecule is CC(C)(C)OC(=O)NCCCNc1ccc(Cl)cc1C(F)(F)F. The summed E-state index contributed by atoms with van der Waals surface area (Å²) in [5.41, 5.74) is -1.45. The van der Waals surface area contributed by atoms with Gasteiger partial charge in [0.25, 0.3) is 0 Å². The summed E-state index contributed by atoms with van der Waals surface area (Å²) in [5, 5.41) is 5.26. The van der Waals surface area contributed by atoms with Crippen LogP contribution in [0, 0.1) is 0 Å². The van der Waals surface area contributed by atoms with Crippen LogP contribution in [0.4, 0.5) is 23.7 Å². The Morgan fingerprint density at radius 2 is 1.87 bits per heavy atom. The zero-order valence-corrected chi connectivity index (χ0v) is 13.9. The van der Waals surface area contributed by atoms with Gasteiger partial charge in [-0.1, -0.05) is 11.6 Å². The Balaban J connectivity index is 2.44. The van der Waals surface area contributed by atoms with Crippen molar-refractivity contribution in [3.05, 3.63) is 28.8 Å². The van der Waals surface area contributed by atoms with Crippen LogP contribution in [0.2, 0.25) is 5.02 Å². The number of alkyl carbamates (subject to hydrolysis) is 1. The van der Waals surface area contributed by atoms with Gasteiger partial charge in [0.15, 0.2) is 0 Å². The smallest absolute Gasteiger partial charge is 0.418 e. The van der Waals surface area contributed by atoms with Crippen LogP contribution in [0.1, 0.15) is 32.8 Å². The third-order valence-corrected chi connectivity index (χ3v) is 2.86. The molecule has 0 aliphatic heterocycles. The van der Waals surface area contributed by atoms with E-state index in [0.717, 1.165) is 6.07 Å².